The van der Waals surface area contributed by atoms with E-state index in [1.165, 1.54) is 27.8 Å². The maximum atomic E-state index is 13.0. The second-order valence-electron chi connectivity index (χ2n) is 7.97. The van der Waals surface area contributed by atoms with Crippen molar-refractivity contribution < 1.29 is 18.1 Å². The van der Waals surface area contributed by atoms with Gasteiger partial charge in [0.15, 0.2) is 0 Å². The molecule has 2 heterocycles. The summed E-state index contributed by atoms with van der Waals surface area (Å²) in [4.78, 5) is 22.9. The molecule has 0 spiro atoms. The molecule has 31 heavy (non-hydrogen) atoms. The Kier molecular flexibility index (Phi) is 7.02. The fourth-order valence-electron chi connectivity index (χ4n) is 3.42. The number of benzene rings is 1. The first-order chi connectivity index (χ1) is 14.6. The summed E-state index contributed by atoms with van der Waals surface area (Å²) in [7, 11) is -3.89. The number of amides is 1. The number of non-ortho nitro benzene ring substituents is 1. The van der Waals surface area contributed by atoms with Crippen molar-refractivity contribution in [3.63, 3.8) is 0 Å². The van der Waals surface area contributed by atoms with Crippen LogP contribution in [0.3, 0.4) is 0 Å². The summed E-state index contributed by atoms with van der Waals surface area (Å²) in [5.74, 6) is -0.0941. The highest BCUT2D eigenvalue weighted by Crippen LogP contribution is 2.29. The molecule has 12 heteroatoms. The van der Waals surface area contributed by atoms with Crippen LogP contribution in [-0.4, -0.2) is 46.8 Å². The lowest BCUT2D eigenvalue weighted by atomic mass is 9.97. The quantitative estimate of drug-likeness (QED) is 0.488. The zero-order chi connectivity index (χ0) is 22.8. The van der Waals surface area contributed by atoms with Gasteiger partial charge in [0.05, 0.1) is 9.82 Å². The molecule has 1 saturated heterocycles. The molecule has 0 atom stereocenters. The fraction of sp³-hybridized carbons (Fsp3) is 0.526. The summed E-state index contributed by atoms with van der Waals surface area (Å²) in [5, 5.41) is 23.2. The van der Waals surface area contributed by atoms with E-state index < -0.39 is 14.9 Å². The second-order valence-corrected chi connectivity index (χ2v) is 10.9. The number of nitrogens with zero attached hydrogens (tertiary/aromatic N) is 4. The van der Waals surface area contributed by atoms with Gasteiger partial charge >= 0.3 is 0 Å². The Morgan fingerprint density at radius 1 is 1.32 bits per heavy atom. The minimum absolute atomic E-state index is 0.0730. The van der Waals surface area contributed by atoms with Gasteiger partial charge in [-0.05, 0) is 31.2 Å². The van der Waals surface area contributed by atoms with Gasteiger partial charge in [-0.3, -0.25) is 14.9 Å². The summed E-state index contributed by atoms with van der Waals surface area (Å²) < 4.78 is 27.3. The molecule has 1 fully saturated rings. The van der Waals surface area contributed by atoms with Crippen molar-refractivity contribution in [3.8, 4) is 0 Å². The molecule has 168 valence electrons. The van der Waals surface area contributed by atoms with Gasteiger partial charge in [-0.15, -0.1) is 10.2 Å². The molecule has 3 rings (SSSR count). The summed E-state index contributed by atoms with van der Waals surface area (Å²) in [6, 6.07) is 3.81. The molecular weight excluding hydrogens is 442 g/mol. The third-order valence-corrected chi connectivity index (χ3v) is 8.01. The Morgan fingerprint density at radius 2 is 2.00 bits per heavy atom. The van der Waals surface area contributed by atoms with Gasteiger partial charge in [-0.2, -0.15) is 4.31 Å². The number of sulfonamides is 1. The third-order valence-electron chi connectivity index (χ3n) is 5.10. The number of piperidine rings is 1. The Hall–Kier alpha value is -2.44. The largest absolute Gasteiger partial charge is 0.300 e. The van der Waals surface area contributed by atoms with Crippen molar-refractivity contribution in [1.29, 1.82) is 0 Å². The molecule has 0 saturated carbocycles. The number of carbonyl (C=O) groups excluding carboxylic acids is 1. The van der Waals surface area contributed by atoms with Crippen LogP contribution >= 0.6 is 11.3 Å². The Balaban J connectivity index is 1.63. The standard InChI is InChI=1S/C19H25N5O5S2/c1-12(2)10-17-21-22-19(30-17)20-18(25)14-6-8-23(9-7-14)31(28,29)16-11-15(24(26)27)5-4-13(16)3/h4-5,11-12,14H,6-10H2,1-3H3,(H,20,22,25). The number of aryl methyl sites for hydroxylation is 1. The monoisotopic (exact) mass is 467 g/mol. The smallest absolute Gasteiger partial charge is 0.270 e. The predicted octanol–water partition coefficient (Wildman–Crippen LogP) is 2.99. The highest BCUT2D eigenvalue weighted by atomic mass is 32.2. The first-order valence-electron chi connectivity index (χ1n) is 9.96. The molecule has 1 N–H and O–H groups in total. The lowest BCUT2D eigenvalue weighted by Gasteiger charge is -2.30. The molecule has 2 aromatic rings. The number of nitro benzene ring substituents is 1. The topological polar surface area (TPSA) is 135 Å². The third kappa shape index (κ3) is 5.43. The van der Waals surface area contributed by atoms with Crippen LogP contribution in [0.15, 0.2) is 23.1 Å². The molecule has 1 amide bonds. The van der Waals surface area contributed by atoms with Crippen LogP contribution in [-0.2, 0) is 21.2 Å². The van der Waals surface area contributed by atoms with Crippen LogP contribution < -0.4 is 5.32 Å². The van der Waals surface area contributed by atoms with Gasteiger partial charge in [0, 0.05) is 37.6 Å². The molecule has 0 bridgehead atoms. The van der Waals surface area contributed by atoms with E-state index in [4.69, 9.17) is 0 Å². The predicted molar refractivity (Wildman–Crippen MR) is 116 cm³/mol. The van der Waals surface area contributed by atoms with E-state index in [0.717, 1.165) is 17.5 Å². The molecule has 0 radical (unpaired) electrons. The Bertz CT molecular complexity index is 1080. The minimum atomic E-state index is -3.89. The van der Waals surface area contributed by atoms with Gasteiger partial charge in [-0.25, -0.2) is 8.42 Å². The number of hydrogen-bond donors (Lipinski definition) is 1. The van der Waals surface area contributed by atoms with E-state index in [1.54, 1.807) is 6.92 Å². The summed E-state index contributed by atoms with van der Waals surface area (Å²) in [6.07, 6.45) is 1.51. The second kappa shape index (κ2) is 9.37. The van der Waals surface area contributed by atoms with Gasteiger partial charge in [0.2, 0.25) is 21.1 Å². The number of anilines is 1. The van der Waals surface area contributed by atoms with Crippen LogP contribution in [0.4, 0.5) is 10.8 Å². The normalized spacial score (nSPS) is 15.9. The van der Waals surface area contributed by atoms with Crippen molar-refractivity contribution in [2.24, 2.45) is 11.8 Å². The van der Waals surface area contributed by atoms with Crippen LogP contribution in [0.25, 0.3) is 0 Å². The molecule has 0 unspecified atom stereocenters. The maximum Gasteiger partial charge on any atom is 0.270 e. The van der Waals surface area contributed by atoms with E-state index in [2.05, 4.69) is 29.4 Å². The minimum Gasteiger partial charge on any atom is -0.300 e. The van der Waals surface area contributed by atoms with E-state index in [0.29, 0.717) is 29.5 Å². The number of nitrogens with one attached hydrogen (secondary N) is 1. The van der Waals surface area contributed by atoms with Crippen molar-refractivity contribution in [2.75, 3.05) is 18.4 Å². The molecule has 1 aliphatic rings. The van der Waals surface area contributed by atoms with Crippen molar-refractivity contribution >= 4 is 38.1 Å². The van der Waals surface area contributed by atoms with Crippen molar-refractivity contribution in [1.82, 2.24) is 14.5 Å². The molecule has 10 nitrogen and oxygen atoms in total. The van der Waals surface area contributed by atoms with Crippen LogP contribution in [0.2, 0.25) is 0 Å². The maximum absolute atomic E-state index is 13.0. The van der Waals surface area contributed by atoms with Gasteiger partial charge < -0.3 is 5.32 Å². The lowest BCUT2D eigenvalue weighted by molar-refractivity contribution is -0.385. The van der Waals surface area contributed by atoms with E-state index in [9.17, 15) is 23.3 Å². The number of hydrogen-bond acceptors (Lipinski definition) is 8. The van der Waals surface area contributed by atoms with Crippen molar-refractivity contribution in [2.45, 2.75) is 44.9 Å². The average molecular weight is 468 g/mol. The number of carbonyl (C=O) groups is 1. The molecule has 1 aliphatic heterocycles. The van der Waals surface area contributed by atoms with E-state index >= 15 is 0 Å². The number of aromatic nitrogens is 2. The summed E-state index contributed by atoms with van der Waals surface area (Å²) >= 11 is 1.35. The Morgan fingerprint density at radius 3 is 2.61 bits per heavy atom. The van der Waals surface area contributed by atoms with Crippen LogP contribution in [0.5, 0.6) is 0 Å². The SMILES string of the molecule is Cc1ccc([N+](=O)[O-])cc1S(=O)(=O)N1CCC(C(=O)Nc2nnc(CC(C)C)s2)CC1. The summed E-state index contributed by atoms with van der Waals surface area (Å²) in [6.45, 7) is 6.09. The van der Waals surface area contributed by atoms with Crippen molar-refractivity contribution in [3.05, 3.63) is 38.9 Å². The van der Waals surface area contributed by atoms with E-state index in [-0.39, 0.29) is 35.5 Å². The van der Waals surface area contributed by atoms with E-state index in [1.807, 2.05) is 0 Å². The van der Waals surface area contributed by atoms with Gasteiger partial charge in [-0.1, -0.05) is 31.3 Å². The fourth-order valence-corrected chi connectivity index (χ4v) is 6.09. The van der Waals surface area contributed by atoms with Gasteiger partial charge in [0.25, 0.3) is 5.69 Å². The highest BCUT2D eigenvalue weighted by molar-refractivity contribution is 7.89. The summed E-state index contributed by atoms with van der Waals surface area (Å²) in [5.41, 5.74) is 0.172. The van der Waals surface area contributed by atoms with Crippen LogP contribution in [0, 0.1) is 28.9 Å². The van der Waals surface area contributed by atoms with Gasteiger partial charge in [0.1, 0.15) is 5.01 Å². The average Bonchev–Trinajstić information content (AvgIpc) is 3.14. The number of rotatable bonds is 7. The molecule has 1 aromatic carbocycles. The zero-order valence-electron chi connectivity index (χ0n) is 17.6. The van der Waals surface area contributed by atoms with Crippen LogP contribution in [0.1, 0.15) is 37.3 Å². The molecular formula is C19H25N5O5S2. The Labute approximate surface area is 184 Å². The zero-order valence-corrected chi connectivity index (χ0v) is 19.2. The highest BCUT2D eigenvalue weighted by Gasteiger charge is 2.34. The molecule has 1 aromatic heterocycles. The lowest BCUT2D eigenvalue weighted by Crippen LogP contribution is -2.41. The number of nitro groups is 1. The first-order valence-corrected chi connectivity index (χ1v) is 12.2. The first kappa shape index (κ1) is 23.2. The molecule has 0 aliphatic carbocycles.